The normalized spacial score (nSPS) is 10.3. The minimum Gasteiger partial charge on any atom is -0.490 e. The van der Waals surface area contributed by atoms with Crippen LogP contribution in [-0.4, -0.2) is 25.8 Å². The second-order valence-electron chi connectivity index (χ2n) is 6.64. The van der Waals surface area contributed by atoms with Crippen LogP contribution < -0.4 is 19.7 Å². The van der Waals surface area contributed by atoms with E-state index in [1.807, 2.05) is 92.7 Å². The van der Waals surface area contributed by atoms with Gasteiger partial charge < -0.3 is 14.8 Å². The van der Waals surface area contributed by atoms with Crippen LogP contribution in [0.25, 0.3) is 0 Å². The van der Waals surface area contributed by atoms with Crippen molar-refractivity contribution in [1.29, 1.82) is 0 Å². The number of benzene rings is 3. The monoisotopic (exact) mass is 404 g/mol. The van der Waals surface area contributed by atoms with Gasteiger partial charge in [0.2, 0.25) is 0 Å². The van der Waals surface area contributed by atoms with Gasteiger partial charge in [0.25, 0.3) is 0 Å². The maximum Gasteiger partial charge on any atom is 0.326 e. The Morgan fingerprint density at radius 3 is 1.93 bits per heavy atom. The Morgan fingerprint density at radius 2 is 1.37 bits per heavy atom. The number of rotatable bonds is 9. The molecule has 3 aromatic carbocycles. The molecule has 156 valence electrons. The average Bonchev–Trinajstić information content (AvgIpc) is 2.77. The number of para-hydroxylation sites is 2. The first-order valence-corrected chi connectivity index (χ1v) is 10.3. The smallest absolute Gasteiger partial charge is 0.326 e. The van der Waals surface area contributed by atoms with Crippen molar-refractivity contribution in [2.24, 2.45) is 0 Å². The average molecular weight is 405 g/mol. The van der Waals surface area contributed by atoms with Crippen LogP contribution in [0.1, 0.15) is 19.4 Å². The lowest BCUT2D eigenvalue weighted by Crippen LogP contribution is -2.37. The van der Waals surface area contributed by atoms with Crippen LogP contribution in [0.5, 0.6) is 11.5 Å². The zero-order chi connectivity index (χ0) is 21.2. The number of amides is 2. The third kappa shape index (κ3) is 5.54. The minimum atomic E-state index is -0.164. The zero-order valence-corrected chi connectivity index (χ0v) is 17.5. The van der Waals surface area contributed by atoms with Gasteiger partial charge in [-0.3, -0.25) is 4.90 Å². The summed E-state index contributed by atoms with van der Waals surface area (Å²) in [5.41, 5.74) is 2.72. The van der Waals surface area contributed by atoms with Gasteiger partial charge in [0.05, 0.1) is 24.6 Å². The van der Waals surface area contributed by atoms with Crippen molar-refractivity contribution >= 4 is 17.4 Å². The molecule has 30 heavy (non-hydrogen) atoms. The van der Waals surface area contributed by atoms with E-state index in [-0.39, 0.29) is 6.03 Å². The Bertz CT molecular complexity index is 890. The van der Waals surface area contributed by atoms with Crippen molar-refractivity contribution in [2.45, 2.75) is 20.3 Å². The molecule has 3 aromatic rings. The molecule has 0 aromatic heterocycles. The van der Waals surface area contributed by atoms with Crippen molar-refractivity contribution in [3.8, 4) is 11.5 Å². The van der Waals surface area contributed by atoms with E-state index in [1.165, 1.54) is 0 Å². The van der Waals surface area contributed by atoms with Gasteiger partial charge in [-0.25, -0.2) is 4.79 Å². The molecule has 5 nitrogen and oxygen atoms in total. The second-order valence-corrected chi connectivity index (χ2v) is 6.64. The van der Waals surface area contributed by atoms with Gasteiger partial charge in [0.15, 0.2) is 11.5 Å². The number of nitrogens with zero attached hydrogens (tertiary/aromatic N) is 1. The fourth-order valence-electron chi connectivity index (χ4n) is 3.18. The molecule has 0 aliphatic carbocycles. The molecule has 0 unspecified atom stereocenters. The van der Waals surface area contributed by atoms with Crippen LogP contribution in [0.15, 0.2) is 78.9 Å². The molecule has 5 heteroatoms. The number of hydrogen-bond acceptors (Lipinski definition) is 3. The Morgan fingerprint density at radius 1 is 0.800 bits per heavy atom. The lowest BCUT2D eigenvalue weighted by molar-refractivity contribution is 0.248. The predicted molar refractivity (Wildman–Crippen MR) is 121 cm³/mol. The van der Waals surface area contributed by atoms with Gasteiger partial charge in [0, 0.05) is 6.54 Å². The fraction of sp³-hybridized carbons (Fsp3) is 0.240. The van der Waals surface area contributed by atoms with Crippen molar-refractivity contribution in [3.63, 3.8) is 0 Å². The number of carbonyl (C=O) groups is 1. The summed E-state index contributed by atoms with van der Waals surface area (Å²) in [7, 11) is 0. The Balaban J connectivity index is 1.68. The predicted octanol–water partition coefficient (Wildman–Crippen LogP) is 5.57. The highest BCUT2D eigenvalue weighted by Crippen LogP contribution is 2.29. The molecule has 3 rings (SSSR count). The van der Waals surface area contributed by atoms with Crippen molar-refractivity contribution in [1.82, 2.24) is 5.32 Å². The largest absolute Gasteiger partial charge is 0.490 e. The number of anilines is 2. The number of nitrogens with one attached hydrogen (secondary N) is 1. The molecule has 0 spiro atoms. The van der Waals surface area contributed by atoms with E-state index in [0.29, 0.717) is 26.2 Å². The van der Waals surface area contributed by atoms with Gasteiger partial charge in [-0.15, -0.1) is 0 Å². The molecule has 0 bridgehead atoms. The summed E-state index contributed by atoms with van der Waals surface area (Å²) in [5.74, 6) is 1.48. The molecule has 1 N–H and O–H groups in total. The van der Waals surface area contributed by atoms with Crippen LogP contribution in [0.4, 0.5) is 16.2 Å². The van der Waals surface area contributed by atoms with Gasteiger partial charge in [0.1, 0.15) is 0 Å². The van der Waals surface area contributed by atoms with Crippen molar-refractivity contribution in [2.75, 3.05) is 24.7 Å². The number of hydrogen-bond donors (Lipinski definition) is 1. The molecule has 0 saturated carbocycles. The topological polar surface area (TPSA) is 50.8 Å². The number of carbonyl (C=O) groups excluding carboxylic acids is 1. The van der Waals surface area contributed by atoms with Crippen LogP contribution in [0, 0.1) is 0 Å². The van der Waals surface area contributed by atoms with Crippen molar-refractivity contribution in [3.05, 3.63) is 84.4 Å². The third-order valence-electron chi connectivity index (χ3n) is 4.53. The van der Waals surface area contributed by atoms with E-state index in [1.54, 1.807) is 4.90 Å². The fourth-order valence-corrected chi connectivity index (χ4v) is 3.18. The zero-order valence-electron chi connectivity index (χ0n) is 17.5. The molecule has 0 fully saturated rings. The highest BCUT2D eigenvalue weighted by Gasteiger charge is 2.17. The molecule has 0 aliphatic rings. The van der Waals surface area contributed by atoms with E-state index >= 15 is 0 Å². The van der Waals surface area contributed by atoms with Gasteiger partial charge in [-0.05, 0) is 62.2 Å². The molecular weight excluding hydrogens is 376 g/mol. The summed E-state index contributed by atoms with van der Waals surface area (Å²) >= 11 is 0. The lowest BCUT2D eigenvalue weighted by Gasteiger charge is -2.23. The Labute approximate surface area is 178 Å². The first-order valence-electron chi connectivity index (χ1n) is 10.3. The van der Waals surface area contributed by atoms with E-state index < -0.39 is 0 Å². The highest BCUT2D eigenvalue weighted by molar-refractivity contribution is 5.99. The maximum atomic E-state index is 13.0. The third-order valence-corrected chi connectivity index (χ3v) is 4.53. The quantitative estimate of drug-likeness (QED) is 0.507. The first kappa shape index (κ1) is 21.2. The van der Waals surface area contributed by atoms with E-state index in [2.05, 4.69) is 5.32 Å². The summed E-state index contributed by atoms with van der Waals surface area (Å²) in [6.45, 7) is 5.57. The summed E-state index contributed by atoms with van der Waals surface area (Å²) in [5, 5.41) is 3.03. The molecular formula is C25H28N2O3. The Hall–Kier alpha value is -3.47. The van der Waals surface area contributed by atoms with E-state index in [9.17, 15) is 4.79 Å². The minimum absolute atomic E-state index is 0.164. The van der Waals surface area contributed by atoms with E-state index in [4.69, 9.17) is 9.47 Å². The Kier molecular flexibility index (Phi) is 7.72. The summed E-state index contributed by atoms with van der Waals surface area (Å²) < 4.78 is 11.3. The van der Waals surface area contributed by atoms with Crippen LogP contribution in [0.3, 0.4) is 0 Å². The molecule has 0 radical (unpaired) electrons. The summed E-state index contributed by atoms with van der Waals surface area (Å²) in [4.78, 5) is 14.7. The van der Waals surface area contributed by atoms with Crippen LogP contribution >= 0.6 is 0 Å². The highest BCUT2D eigenvalue weighted by atomic mass is 16.5. The van der Waals surface area contributed by atoms with Crippen LogP contribution in [-0.2, 0) is 6.42 Å². The van der Waals surface area contributed by atoms with Crippen LogP contribution in [0.2, 0.25) is 0 Å². The van der Waals surface area contributed by atoms with Gasteiger partial charge >= 0.3 is 6.03 Å². The number of urea groups is 1. The van der Waals surface area contributed by atoms with Gasteiger partial charge in [-0.2, -0.15) is 0 Å². The molecule has 2 amide bonds. The van der Waals surface area contributed by atoms with Crippen molar-refractivity contribution < 1.29 is 14.3 Å². The maximum absolute atomic E-state index is 13.0. The standard InChI is InChI=1S/C25H28N2O3/c1-3-29-23-16-15-20(19-24(23)30-4-2)17-18-26-25(28)27(21-11-7-5-8-12-21)22-13-9-6-10-14-22/h5-16,19H,3-4,17-18H2,1-2H3,(H,26,28). The molecule has 0 aliphatic heterocycles. The molecule has 0 saturated heterocycles. The first-order chi connectivity index (χ1) is 14.7. The molecule has 0 heterocycles. The second kappa shape index (κ2) is 10.9. The lowest BCUT2D eigenvalue weighted by atomic mass is 10.1. The summed E-state index contributed by atoms with van der Waals surface area (Å²) in [6.07, 6.45) is 0.690. The van der Waals surface area contributed by atoms with Gasteiger partial charge in [-0.1, -0.05) is 42.5 Å². The van der Waals surface area contributed by atoms with E-state index in [0.717, 1.165) is 28.4 Å². The number of ether oxygens (including phenoxy) is 2. The summed E-state index contributed by atoms with van der Waals surface area (Å²) in [6, 6.07) is 25.0. The molecule has 0 atom stereocenters. The SMILES string of the molecule is CCOc1ccc(CCNC(=O)N(c2ccccc2)c2ccccc2)cc1OCC.